The van der Waals surface area contributed by atoms with Crippen LogP contribution in [0.2, 0.25) is 0 Å². The molecular weight excluding hydrogens is 304 g/mol. The average molecular weight is 326 g/mol. The van der Waals surface area contributed by atoms with Crippen LogP contribution in [0.1, 0.15) is 36.5 Å². The van der Waals surface area contributed by atoms with Crippen LogP contribution in [0, 0.1) is 0 Å². The molecule has 6 nitrogen and oxygen atoms in total. The maximum absolute atomic E-state index is 12.8. The highest BCUT2D eigenvalue weighted by Gasteiger charge is 2.27. The molecule has 126 valence electrons. The summed E-state index contributed by atoms with van der Waals surface area (Å²) in [4.78, 5) is 25.9. The van der Waals surface area contributed by atoms with Crippen LogP contribution in [-0.2, 0) is 4.79 Å². The van der Waals surface area contributed by atoms with E-state index < -0.39 is 0 Å². The van der Waals surface area contributed by atoms with Gasteiger partial charge in [-0.1, -0.05) is 12.1 Å². The third kappa shape index (κ3) is 3.64. The molecule has 2 aromatic rings. The molecule has 1 atom stereocenters. The zero-order chi connectivity index (χ0) is 16.9. The minimum Gasteiger partial charge on any atom is -0.354 e. The first-order valence-electron chi connectivity index (χ1n) is 8.30. The second-order valence-electron chi connectivity index (χ2n) is 6.15. The van der Waals surface area contributed by atoms with Crippen molar-refractivity contribution in [1.29, 1.82) is 0 Å². The number of hydrogen-bond acceptors (Lipinski definition) is 3. The maximum Gasteiger partial charge on any atom is 0.254 e. The normalized spacial score (nSPS) is 17.5. The van der Waals surface area contributed by atoms with Gasteiger partial charge in [0.1, 0.15) is 0 Å². The molecule has 0 bridgehead atoms. The Morgan fingerprint density at radius 1 is 1.25 bits per heavy atom. The first-order valence-corrected chi connectivity index (χ1v) is 8.30. The Balaban J connectivity index is 1.72. The number of likely N-dealkylation sites (tertiary alicyclic amines) is 1. The summed E-state index contributed by atoms with van der Waals surface area (Å²) in [5.41, 5.74) is 2.70. The highest BCUT2D eigenvalue weighted by Crippen LogP contribution is 2.22. The lowest BCUT2D eigenvalue weighted by Gasteiger charge is -2.36. The number of amides is 2. The Morgan fingerprint density at radius 2 is 2.04 bits per heavy atom. The molecule has 0 spiro atoms. The fourth-order valence-electron chi connectivity index (χ4n) is 3.12. The number of nitrogens with one attached hydrogen (secondary N) is 2. The largest absolute Gasteiger partial charge is 0.354 e. The second-order valence-corrected chi connectivity index (χ2v) is 6.15. The molecule has 0 radical (unpaired) electrons. The average Bonchev–Trinajstić information content (AvgIpc) is 3.14. The number of carbonyl (C=O) groups excluding carboxylic acids is 2. The van der Waals surface area contributed by atoms with Gasteiger partial charge in [-0.15, -0.1) is 0 Å². The molecule has 24 heavy (non-hydrogen) atoms. The number of aromatic nitrogens is 2. The van der Waals surface area contributed by atoms with Gasteiger partial charge < -0.3 is 10.2 Å². The lowest BCUT2D eigenvalue weighted by Crippen LogP contribution is -2.49. The van der Waals surface area contributed by atoms with E-state index in [0.29, 0.717) is 12.1 Å². The first kappa shape index (κ1) is 16.2. The van der Waals surface area contributed by atoms with Gasteiger partial charge in [-0.05, 0) is 37.0 Å². The van der Waals surface area contributed by atoms with Crippen LogP contribution in [-0.4, -0.2) is 46.0 Å². The van der Waals surface area contributed by atoms with Crippen LogP contribution in [0.25, 0.3) is 11.1 Å². The van der Waals surface area contributed by atoms with Crippen molar-refractivity contribution in [3.8, 4) is 11.1 Å². The van der Waals surface area contributed by atoms with Gasteiger partial charge >= 0.3 is 0 Å². The van der Waals surface area contributed by atoms with Gasteiger partial charge in [-0.2, -0.15) is 5.10 Å². The SMILES string of the molecule is CC(=O)NC[C@@H]1CCCCN1C(=O)c1ccc(-c2cn[nH]c2)cc1. The van der Waals surface area contributed by atoms with Crippen LogP contribution < -0.4 is 5.32 Å². The highest BCUT2D eigenvalue weighted by molar-refractivity contribution is 5.95. The standard InChI is InChI=1S/C18H22N4O2/c1-13(23)19-12-17-4-2-3-9-22(17)18(24)15-7-5-14(6-8-15)16-10-20-21-11-16/h5-8,10-11,17H,2-4,9,12H2,1H3,(H,19,23)(H,20,21)/t17-/m0/s1. The van der Waals surface area contributed by atoms with Gasteiger partial charge in [0.2, 0.25) is 5.91 Å². The molecule has 2 heterocycles. The van der Waals surface area contributed by atoms with Crippen LogP contribution in [0.15, 0.2) is 36.7 Å². The molecule has 1 aromatic heterocycles. The topological polar surface area (TPSA) is 78.1 Å². The molecular formula is C18H22N4O2. The Kier molecular flexibility index (Phi) is 4.93. The lowest BCUT2D eigenvalue weighted by molar-refractivity contribution is -0.119. The molecule has 0 aliphatic carbocycles. The van der Waals surface area contributed by atoms with Crippen molar-refractivity contribution >= 4 is 11.8 Å². The molecule has 3 rings (SSSR count). The van der Waals surface area contributed by atoms with E-state index in [4.69, 9.17) is 0 Å². The summed E-state index contributed by atoms with van der Waals surface area (Å²) in [6, 6.07) is 7.66. The quantitative estimate of drug-likeness (QED) is 0.904. The van der Waals surface area contributed by atoms with Gasteiger partial charge in [0.25, 0.3) is 5.91 Å². The number of nitrogens with zero attached hydrogens (tertiary/aromatic N) is 2. The smallest absolute Gasteiger partial charge is 0.254 e. The van der Waals surface area contributed by atoms with E-state index in [0.717, 1.165) is 36.9 Å². The van der Waals surface area contributed by atoms with Gasteiger partial charge in [-0.25, -0.2) is 0 Å². The van der Waals surface area contributed by atoms with Crippen LogP contribution >= 0.6 is 0 Å². The van der Waals surface area contributed by atoms with E-state index in [-0.39, 0.29) is 17.9 Å². The van der Waals surface area contributed by atoms with Gasteiger partial charge in [0.05, 0.1) is 6.20 Å². The van der Waals surface area contributed by atoms with E-state index in [1.807, 2.05) is 35.4 Å². The molecule has 1 aliphatic rings. The van der Waals surface area contributed by atoms with Crippen LogP contribution in [0.5, 0.6) is 0 Å². The number of carbonyl (C=O) groups is 2. The summed E-state index contributed by atoms with van der Waals surface area (Å²) in [5, 5.41) is 9.56. The van der Waals surface area contributed by atoms with Crippen molar-refractivity contribution < 1.29 is 9.59 Å². The Morgan fingerprint density at radius 3 is 2.71 bits per heavy atom. The summed E-state index contributed by atoms with van der Waals surface area (Å²) in [5.74, 6) is -0.0266. The van der Waals surface area contributed by atoms with Gasteiger partial charge in [-0.3, -0.25) is 14.7 Å². The van der Waals surface area contributed by atoms with E-state index in [1.165, 1.54) is 6.92 Å². The predicted molar refractivity (Wildman–Crippen MR) is 91.4 cm³/mol. The maximum atomic E-state index is 12.8. The summed E-state index contributed by atoms with van der Waals surface area (Å²) in [6.45, 7) is 2.77. The molecule has 0 saturated carbocycles. The molecule has 1 aromatic carbocycles. The fraction of sp³-hybridized carbons (Fsp3) is 0.389. The van der Waals surface area contributed by atoms with Crippen LogP contribution in [0.3, 0.4) is 0 Å². The predicted octanol–water partition coefficient (Wildman–Crippen LogP) is 2.21. The van der Waals surface area contributed by atoms with Gasteiger partial charge in [0.15, 0.2) is 0 Å². The monoisotopic (exact) mass is 326 g/mol. The lowest BCUT2D eigenvalue weighted by atomic mass is 10.00. The van der Waals surface area contributed by atoms with Crippen molar-refractivity contribution in [1.82, 2.24) is 20.4 Å². The van der Waals surface area contributed by atoms with Crippen molar-refractivity contribution in [2.45, 2.75) is 32.2 Å². The zero-order valence-electron chi connectivity index (χ0n) is 13.8. The van der Waals surface area contributed by atoms with Crippen molar-refractivity contribution in [2.24, 2.45) is 0 Å². The number of aromatic amines is 1. The number of rotatable bonds is 4. The zero-order valence-corrected chi connectivity index (χ0v) is 13.8. The Labute approximate surface area is 141 Å². The van der Waals surface area contributed by atoms with Crippen molar-refractivity contribution in [3.63, 3.8) is 0 Å². The molecule has 2 amide bonds. The van der Waals surface area contributed by atoms with Crippen molar-refractivity contribution in [3.05, 3.63) is 42.2 Å². The molecule has 1 saturated heterocycles. The van der Waals surface area contributed by atoms with Crippen molar-refractivity contribution in [2.75, 3.05) is 13.1 Å². The number of H-pyrrole nitrogens is 1. The molecule has 2 N–H and O–H groups in total. The summed E-state index contributed by atoms with van der Waals surface area (Å²) < 4.78 is 0. The first-order chi connectivity index (χ1) is 11.6. The summed E-state index contributed by atoms with van der Waals surface area (Å²) >= 11 is 0. The third-order valence-electron chi connectivity index (χ3n) is 4.44. The minimum atomic E-state index is -0.0579. The van der Waals surface area contributed by atoms with Crippen LogP contribution in [0.4, 0.5) is 0 Å². The summed E-state index contributed by atoms with van der Waals surface area (Å²) in [7, 11) is 0. The molecule has 1 fully saturated rings. The molecule has 6 heteroatoms. The number of piperidine rings is 1. The van der Waals surface area contributed by atoms with E-state index in [9.17, 15) is 9.59 Å². The minimum absolute atomic E-state index is 0.0313. The molecule has 1 aliphatic heterocycles. The van der Waals surface area contributed by atoms with E-state index in [2.05, 4.69) is 15.5 Å². The Hall–Kier alpha value is -2.63. The summed E-state index contributed by atoms with van der Waals surface area (Å²) in [6.07, 6.45) is 6.61. The fourth-order valence-corrected chi connectivity index (χ4v) is 3.12. The van der Waals surface area contributed by atoms with E-state index in [1.54, 1.807) is 6.20 Å². The second kappa shape index (κ2) is 7.29. The third-order valence-corrected chi connectivity index (χ3v) is 4.44. The molecule has 0 unspecified atom stereocenters. The van der Waals surface area contributed by atoms with Gasteiger partial charge in [0, 0.05) is 43.4 Å². The number of benzene rings is 1. The highest BCUT2D eigenvalue weighted by atomic mass is 16.2. The number of hydrogen-bond donors (Lipinski definition) is 2. The van der Waals surface area contributed by atoms with E-state index >= 15 is 0 Å². The Bertz CT molecular complexity index is 694.